The van der Waals surface area contributed by atoms with Crippen LogP contribution in [0, 0.1) is 6.92 Å². The van der Waals surface area contributed by atoms with Gasteiger partial charge in [0.15, 0.2) is 10.6 Å². The Labute approximate surface area is 112 Å². The predicted molar refractivity (Wildman–Crippen MR) is 71.2 cm³/mol. The average molecular weight is 314 g/mol. The van der Waals surface area contributed by atoms with Crippen molar-refractivity contribution >= 4 is 33.1 Å². The van der Waals surface area contributed by atoms with E-state index in [1.165, 1.54) is 0 Å². The number of halogens is 1. The van der Waals surface area contributed by atoms with E-state index in [9.17, 15) is 0 Å². The molecule has 4 nitrogen and oxygen atoms in total. The third-order valence-corrected chi connectivity index (χ3v) is 3.54. The molecule has 0 spiro atoms. The van der Waals surface area contributed by atoms with Gasteiger partial charge in [0.25, 0.3) is 0 Å². The maximum Gasteiger partial charge on any atom is 0.194 e. The molecule has 6 heteroatoms. The van der Waals surface area contributed by atoms with E-state index in [-0.39, 0.29) is 0 Å². The van der Waals surface area contributed by atoms with E-state index in [2.05, 4.69) is 25.9 Å². The van der Waals surface area contributed by atoms with Crippen molar-refractivity contribution in [3.63, 3.8) is 0 Å². The Hall–Kier alpha value is -0.980. The topological polar surface area (TPSA) is 39.4 Å². The molecule has 2 aromatic heterocycles. The van der Waals surface area contributed by atoms with Crippen LogP contribution in [-0.2, 0) is 11.5 Å². The molecule has 0 aromatic carbocycles. The molecule has 0 aliphatic carbocycles. The van der Waals surface area contributed by atoms with Gasteiger partial charge in [-0.05, 0) is 35.0 Å². The summed E-state index contributed by atoms with van der Waals surface area (Å²) in [4.78, 5) is 9.71. The maximum atomic E-state index is 5.11. The van der Waals surface area contributed by atoms with Crippen LogP contribution >= 0.6 is 27.3 Å². The Morgan fingerprint density at radius 1 is 1.53 bits per heavy atom. The molecular weight excluding hydrogens is 302 g/mol. The molecule has 0 aliphatic rings. The molecule has 2 rings (SSSR count). The first-order valence-electron chi connectivity index (χ1n) is 5.02. The Morgan fingerprint density at radius 3 is 3.06 bits per heavy atom. The second-order valence-corrected chi connectivity index (χ2v) is 5.84. The Bertz CT molecular complexity index is 576. The zero-order valence-corrected chi connectivity index (χ0v) is 12.0. The van der Waals surface area contributed by atoms with Crippen molar-refractivity contribution in [2.75, 3.05) is 7.11 Å². The Kier molecular flexibility index (Phi) is 4.09. The van der Waals surface area contributed by atoms with Gasteiger partial charge in [0.2, 0.25) is 0 Å². The van der Waals surface area contributed by atoms with Crippen molar-refractivity contribution < 1.29 is 4.74 Å². The summed E-state index contributed by atoms with van der Waals surface area (Å²) >= 11 is 4.99. The fraction of sp³-hybridized carbons (Fsp3) is 0.273. The third-order valence-electron chi connectivity index (χ3n) is 2.04. The summed E-state index contributed by atoms with van der Waals surface area (Å²) in [6.45, 7) is 2.43. The minimum Gasteiger partial charge on any atom is -0.364 e. The van der Waals surface area contributed by atoms with Crippen LogP contribution in [0.4, 0.5) is 5.82 Å². The summed E-state index contributed by atoms with van der Waals surface area (Å²) in [7, 11) is 1.66. The second-order valence-electron chi connectivity index (χ2n) is 3.45. The smallest absolute Gasteiger partial charge is 0.194 e. The van der Waals surface area contributed by atoms with Crippen molar-refractivity contribution in [2.24, 2.45) is 4.99 Å². The summed E-state index contributed by atoms with van der Waals surface area (Å²) in [5.41, 5.74) is 0.958. The summed E-state index contributed by atoms with van der Waals surface area (Å²) in [5.74, 6) is 0.712. The lowest BCUT2D eigenvalue weighted by Gasteiger charge is -1.99. The molecule has 0 saturated heterocycles. The number of thiazole rings is 1. The standard InChI is InChI=1S/C11H12BrN3OS/c1-8-4-3-5-10(13-8)14-11-15(7-16-2)6-9(12)17-11/h3-6H,7H2,1-2H3/b14-11-. The Balaban J connectivity index is 2.45. The van der Waals surface area contributed by atoms with Gasteiger partial charge in [-0.15, -0.1) is 0 Å². The molecule has 0 amide bonds. The summed E-state index contributed by atoms with van der Waals surface area (Å²) < 4.78 is 8.06. The molecule has 90 valence electrons. The van der Waals surface area contributed by atoms with E-state index < -0.39 is 0 Å². The van der Waals surface area contributed by atoms with E-state index >= 15 is 0 Å². The van der Waals surface area contributed by atoms with Gasteiger partial charge in [-0.25, -0.2) is 9.98 Å². The van der Waals surface area contributed by atoms with Gasteiger partial charge >= 0.3 is 0 Å². The number of aromatic nitrogens is 2. The van der Waals surface area contributed by atoms with Crippen LogP contribution in [0.25, 0.3) is 0 Å². The van der Waals surface area contributed by atoms with Crippen molar-refractivity contribution in [1.29, 1.82) is 0 Å². The minimum absolute atomic E-state index is 0.479. The molecular formula is C11H12BrN3OS. The number of rotatable bonds is 3. The van der Waals surface area contributed by atoms with Gasteiger partial charge in [-0.2, -0.15) is 0 Å². The van der Waals surface area contributed by atoms with Crippen LogP contribution in [0.5, 0.6) is 0 Å². The largest absolute Gasteiger partial charge is 0.364 e. The van der Waals surface area contributed by atoms with Gasteiger partial charge < -0.3 is 4.74 Å². The first-order chi connectivity index (χ1) is 8.19. The second kappa shape index (κ2) is 5.57. The highest BCUT2D eigenvalue weighted by Crippen LogP contribution is 2.14. The lowest BCUT2D eigenvalue weighted by atomic mass is 10.4. The SMILES string of the molecule is COCn1cc(Br)s/c1=N\c1cccc(C)n1. The van der Waals surface area contributed by atoms with Crippen molar-refractivity contribution in [1.82, 2.24) is 9.55 Å². The fourth-order valence-electron chi connectivity index (χ4n) is 1.36. The van der Waals surface area contributed by atoms with Crippen LogP contribution in [0.1, 0.15) is 5.69 Å². The third kappa shape index (κ3) is 3.24. The van der Waals surface area contributed by atoms with E-state index in [4.69, 9.17) is 4.74 Å². The predicted octanol–water partition coefficient (Wildman–Crippen LogP) is 2.85. The number of hydrogen-bond donors (Lipinski definition) is 0. The molecule has 2 heterocycles. The van der Waals surface area contributed by atoms with Crippen LogP contribution in [0.2, 0.25) is 0 Å². The average Bonchev–Trinajstić information content (AvgIpc) is 2.59. The highest BCUT2D eigenvalue weighted by atomic mass is 79.9. The van der Waals surface area contributed by atoms with Gasteiger partial charge in [0.1, 0.15) is 6.73 Å². The molecule has 0 bridgehead atoms. The molecule has 0 radical (unpaired) electrons. The Morgan fingerprint density at radius 2 is 2.35 bits per heavy atom. The first kappa shape index (κ1) is 12.5. The number of hydrogen-bond acceptors (Lipinski definition) is 4. The van der Waals surface area contributed by atoms with E-state index in [1.54, 1.807) is 18.4 Å². The molecule has 0 N–H and O–H groups in total. The van der Waals surface area contributed by atoms with Gasteiger partial charge in [0.05, 0.1) is 3.79 Å². The lowest BCUT2D eigenvalue weighted by molar-refractivity contribution is 0.129. The van der Waals surface area contributed by atoms with Crippen LogP contribution in [0.15, 0.2) is 33.2 Å². The number of ether oxygens (including phenoxy) is 1. The molecule has 2 aromatic rings. The van der Waals surface area contributed by atoms with Crippen molar-refractivity contribution in [3.05, 3.63) is 38.7 Å². The van der Waals surface area contributed by atoms with E-state index in [0.29, 0.717) is 12.5 Å². The van der Waals surface area contributed by atoms with Gasteiger partial charge in [0, 0.05) is 19.0 Å². The molecule has 0 saturated carbocycles. The zero-order chi connectivity index (χ0) is 12.3. The summed E-state index contributed by atoms with van der Waals surface area (Å²) in [6.07, 6.45) is 1.95. The maximum absolute atomic E-state index is 5.11. The lowest BCUT2D eigenvalue weighted by Crippen LogP contribution is -2.14. The number of methoxy groups -OCH3 is 1. The number of pyridine rings is 1. The van der Waals surface area contributed by atoms with Crippen molar-refractivity contribution in [2.45, 2.75) is 13.7 Å². The van der Waals surface area contributed by atoms with Crippen LogP contribution < -0.4 is 4.80 Å². The summed E-state index contributed by atoms with van der Waals surface area (Å²) in [6, 6.07) is 5.79. The monoisotopic (exact) mass is 313 g/mol. The van der Waals surface area contributed by atoms with E-state index in [1.807, 2.05) is 35.9 Å². The van der Waals surface area contributed by atoms with Crippen molar-refractivity contribution in [3.8, 4) is 0 Å². The van der Waals surface area contributed by atoms with Crippen LogP contribution in [-0.4, -0.2) is 16.7 Å². The molecule has 0 unspecified atom stereocenters. The molecule has 0 atom stereocenters. The molecule has 0 aliphatic heterocycles. The first-order valence-corrected chi connectivity index (χ1v) is 6.63. The summed E-state index contributed by atoms with van der Waals surface area (Å²) in [5, 5.41) is 0. The highest BCUT2D eigenvalue weighted by Gasteiger charge is 2.00. The molecule has 17 heavy (non-hydrogen) atoms. The zero-order valence-electron chi connectivity index (χ0n) is 9.55. The fourth-order valence-corrected chi connectivity index (χ4v) is 2.76. The quantitative estimate of drug-likeness (QED) is 0.874. The number of nitrogens with zero attached hydrogens (tertiary/aromatic N) is 3. The van der Waals surface area contributed by atoms with Crippen LogP contribution in [0.3, 0.4) is 0 Å². The molecule has 0 fully saturated rings. The number of aryl methyl sites for hydroxylation is 1. The minimum atomic E-state index is 0.479. The van der Waals surface area contributed by atoms with Gasteiger partial charge in [-0.3, -0.25) is 4.57 Å². The normalized spacial score (nSPS) is 12.1. The highest BCUT2D eigenvalue weighted by molar-refractivity contribution is 9.11. The van der Waals surface area contributed by atoms with Gasteiger partial charge in [-0.1, -0.05) is 17.4 Å². The van der Waals surface area contributed by atoms with E-state index in [0.717, 1.165) is 14.3 Å².